The molecule has 15 heavy (non-hydrogen) atoms. The number of hydrogen-bond donors (Lipinski definition) is 1. The molecule has 2 rings (SSSR count). The third-order valence-electron chi connectivity index (χ3n) is 3.32. The average Bonchev–Trinajstić information content (AvgIpc) is 2.28. The maximum absolute atomic E-state index is 8.97. The minimum Gasteiger partial charge on any atom is -0.395 e. The van der Waals surface area contributed by atoms with E-state index >= 15 is 0 Å². The van der Waals surface area contributed by atoms with E-state index in [1.54, 1.807) is 0 Å². The van der Waals surface area contributed by atoms with Crippen molar-refractivity contribution in [3.05, 3.63) is 35.4 Å². The van der Waals surface area contributed by atoms with Gasteiger partial charge >= 0.3 is 0 Å². The first-order valence-corrected chi connectivity index (χ1v) is 5.72. The topological polar surface area (TPSA) is 23.5 Å². The fourth-order valence-corrected chi connectivity index (χ4v) is 2.50. The summed E-state index contributed by atoms with van der Waals surface area (Å²) in [6.45, 7) is 1.01. The van der Waals surface area contributed by atoms with E-state index in [0.717, 1.165) is 6.54 Å². The molecule has 1 aliphatic carbocycles. The van der Waals surface area contributed by atoms with Crippen LogP contribution in [0.1, 0.15) is 30.0 Å². The molecule has 0 heterocycles. The van der Waals surface area contributed by atoms with Crippen LogP contribution in [-0.4, -0.2) is 30.2 Å². The third-order valence-corrected chi connectivity index (χ3v) is 3.32. The van der Waals surface area contributed by atoms with Crippen LogP contribution in [0.2, 0.25) is 0 Å². The van der Waals surface area contributed by atoms with Crippen molar-refractivity contribution >= 4 is 0 Å². The normalized spacial score (nSPS) is 20.3. The Balaban J connectivity index is 2.21. The maximum atomic E-state index is 8.97. The van der Waals surface area contributed by atoms with Gasteiger partial charge in [0.05, 0.1) is 6.61 Å². The van der Waals surface area contributed by atoms with Crippen LogP contribution < -0.4 is 0 Å². The van der Waals surface area contributed by atoms with Crippen LogP contribution in [0.25, 0.3) is 0 Å². The van der Waals surface area contributed by atoms with Gasteiger partial charge in [-0.3, -0.25) is 4.90 Å². The van der Waals surface area contributed by atoms with Gasteiger partial charge in [0.25, 0.3) is 0 Å². The Hall–Kier alpha value is -0.860. The van der Waals surface area contributed by atoms with Crippen molar-refractivity contribution in [1.82, 2.24) is 4.90 Å². The summed E-state index contributed by atoms with van der Waals surface area (Å²) in [6, 6.07) is 9.19. The van der Waals surface area contributed by atoms with Gasteiger partial charge in [0.2, 0.25) is 0 Å². The maximum Gasteiger partial charge on any atom is 0.0558 e. The fourth-order valence-electron chi connectivity index (χ4n) is 2.50. The molecule has 1 aliphatic rings. The monoisotopic (exact) mass is 205 g/mol. The van der Waals surface area contributed by atoms with Crippen molar-refractivity contribution < 1.29 is 5.11 Å². The molecule has 82 valence electrons. The molecular weight excluding hydrogens is 186 g/mol. The molecule has 0 amide bonds. The van der Waals surface area contributed by atoms with Crippen molar-refractivity contribution in [1.29, 1.82) is 0 Å². The molecule has 0 saturated heterocycles. The van der Waals surface area contributed by atoms with Crippen LogP contribution in [0.4, 0.5) is 0 Å². The number of likely N-dealkylation sites (N-methyl/N-ethyl adjacent to an activating group) is 1. The number of benzene rings is 1. The van der Waals surface area contributed by atoms with E-state index in [1.165, 1.54) is 30.4 Å². The lowest BCUT2D eigenvalue weighted by Crippen LogP contribution is -2.30. The number of rotatable bonds is 3. The zero-order chi connectivity index (χ0) is 10.7. The Morgan fingerprint density at radius 1 is 1.40 bits per heavy atom. The van der Waals surface area contributed by atoms with Crippen LogP contribution in [0.5, 0.6) is 0 Å². The van der Waals surface area contributed by atoms with Gasteiger partial charge in [-0.2, -0.15) is 0 Å². The van der Waals surface area contributed by atoms with Crippen LogP contribution in [0.3, 0.4) is 0 Å². The van der Waals surface area contributed by atoms with Gasteiger partial charge in [-0.1, -0.05) is 24.3 Å². The van der Waals surface area contributed by atoms with Gasteiger partial charge in [-0.15, -0.1) is 0 Å². The second-order valence-corrected chi connectivity index (χ2v) is 4.31. The molecule has 0 aliphatic heterocycles. The van der Waals surface area contributed by atoms with Crippen molar-refractivity contribution in [2.45, 2.75) is 25.3 Å². The molecular formula is C13H19NO. The summed E-state index contributed by atoms with van der Waals surface area (Å²) in [5.74, 6) is 0. The van der Waals surface area contributed by atoms with E-state index in [1.807, 2.05) is 0 Å². The summed E-state index contributed by atoms with van der Waals surface area (Å²) < 4.78 is 0. The molecule has 0 spiro atoms. The van der Waals surface area contributed by atoms with Gasteiger partial charge in [0, 0.05) is 12.6 Å². The Morgan fingerprint density at radius 3 is 3.00 bits per heavy atom. The number of fused-ring (bicyclic) bond motifs is 1. The molecule has 1 N–H and O–H groups in total. The van der Waals surface area contributed by atoms with Crippen LogP contribution in [-0.2, 0) is 6.42 Å². The Bertz CT molecular complexity index is 324. The van der Waals surface area contributed by atoms with Crippen molar-refractivity contribution in [2.24, 2.45) is 0 Å². The van der Waals surface area contributed by atoms with Gasteiger partial charge < -0.3 is 5.11 Å². The summed E-state index contributed by atoms with van der Waals surface area (Å²) in [7, 11) is 2.10. The Kier molecular flexibility index (Phi) is 3.39. The molecule has 0 bridgehead atoms. The van der Waals surface area contributed by atoms with E-state index in [0.29, 0.717) is 6.04 Å². The molecule has 0 fully saturated rings. The molecule has 1 atom stereocenters. The van der Waals surface area contributed by atoms with Crippen molar-refractivity contribution in [2.75, 3.05) is 20.2 Å². The zero-order valence-corrected chi connectivity index (χ0v) is 9.32. The second-order valence-electron chi connectivity index (χ2n) is 4.31. The van der Waals surface area contributed by atoms with E-state index in [9.17, 15) is 0 Å². The van der Waals surface area contributed by atoms with Gasteiger partial charge in [0.15, 0.2) is 0 Å². The minimum atomic E-state index is 0.245. The average molecular weight is 205 g/mol. The Morgan fingerprint density at radius 2 is 2.20 bits per heavy atom. The summed E-state index contributed by atoms with van der Waals surface area (Å²) in [5, 5.41) is 8.97. The van der Waals surface area contributed by atoms with Crippen LogP contribution in [0.15, 0.2) is 24.3 Å². The molecule has 0 aromatic heterocycles. The molecule has 2 nitrogen and oxygen atoms in total. The van der Waals surface area contributed by atoms with Crippen molar-refractivity contribution in [3.8, 4) is 0 Å². The first kappa shape index (κ1) is 10.7. The number of aliphatic hydroxyl groups is 1. The van der Waals surface area contributed by atoms with E-state index in [-0.39, 0.29) is 6.61 Å². The smallest absolute Gasteiger partial charge is 0.0558 e. The van der Waals surface area contributed by atoms with Gasteiger partial charge in [-0.25, -0.2) is 0 Å². The van der Waals surface area contributed by atoms with E-state index in [4.69, 9.17) is 5.11 Å². The van der Waals surface area contributed by atoms with Gasteiger partial charge in [-0.05, 0) is 37.4 Å². The predicted octanol–water partition coefficient (Wildman–Crippen LogP) is 1.99. The van der Waals surface area contributed by atoms with E-state index in [2.05, 4.69) is 36.2 Å². The lowest BCUT2D eigenvalue weighted by Gasteiger charge is -2.32. The lowest BCUT2D eigenvalue weighted by molar-refractivity contribution is 0.168. The third kappa shape index (κ3) is 2.21. The molecule has 1 aromatic carbocycles. The van der Waals surface area contributed by atoms with E-state index < -0.39 is 0 Å². The molecule has 1 unspecified atom stereocenters. The van der Waals surface area contributed by atoms with Crippen LogP contribution in [0, 0.1) is 0 Å². The summed E-state index contributed by atoms with van der Waals surface area (Å²) in [5.41, 5.74) is 2.94. The summed E-state index contributed by atoms with van der Waals surface area (Å²) in [4.78, 5) is 2.26. The Labute approximate surface area is 91.5 Å². The first-order chi connectivity index (χ1) is 7.33. The van der Waals surface area contributed by atoms with Crippen molar-refractivity contribution in [3.63, 3.8) is 0 Å². The summed E-state index contributed by atoms with van der Waals surface area (Å²) >= 11 is 0. The highest BCUT2D eigenvalue weighted by atomic mass is 16.3. The first-order valence-electron chi connectivity index (χ1n) is 5.72. The zero-order valence-electron chi connectivity index (χ0n) is 9.32. The largest absolute Gasteiger partial charge is 0.395 e. The molecule has 0 radical (unpaired) electrons. The minimum absolute atomic E-state index is 0.245. The second kappa shape index (κ2) is 4.77. The van der Waals surface area contributed by atoms with Crippen LogP contribution >= 0.6 is 0 Å². The van der Waals surface area contributed by atoms with Gasteiger partial charge in [0.1, 0.15) is 0 Å². The highest BCUT2D eigenvalue weighted by Crippen LogP contribution is 2.32. The standard InChI is InChI=1S/C13H19NO/c1-14(9-10-15)13-8-4-6-11-5-2-3-7-12(11)13/h2-3,5,7,13,15H,4,6,8-10H2,1H3. The number of nitrogens with zero attached hydrogens (tertiary/aromatic N) is 1. The lowest BCUT2D eigenvalue weighted by atomic mass is 9.87. The SMILES string of the molecule is CN(CCO)C1CCCc2ccccc21. The number of aryl methyl sites for hydroxylation is 1. The predicted molar refractivity (Wildman–Crippen MR) is 61.8 cm³/mol. The molecule has 1 aromatic rings. The number of hydrogen-bond acceptors (Lipinski definition) is 2. The summed E-state index contributed by atoms with van der Waals surface area (Å²) in [6.07, 6.45) is 3.69. The number of aliphatic hydroxyl groups excluding tert-OH is 1. The fraction of sp³-hybridized carbons (Fsp3) is 0.538. The molecule has 2 heteroatoms. The highest BCUT2D eigenvalue weighted by molar-refractivity contribution is 5.32. The highest BCUT2D eigenvalue weighted by Gasteiger charge is 2.22. The quantitative estimate of drug-likeness (QED) is 0.815. The molecule has 0 saturated carbocycles.